The van der Waals surface area contributed by atoms with Gasteiger partial charge in [0, 0.05) is 32.7 Å². The molecule has 0 bridgehead atoms. The van der Waals surface area contributed by atoms with Gasteiger partial charge in [0.2, 0.25) is 15.9 Å². The zero-order valence-electron chi connectivity index (χ0n) is 13.8. The fraction of sp³-hybridized carbons (Fsp3) is 0.533. The van der Waals surface area contributed by atoms with Gasteiger partial charge in [0.15, 0.2) is 0 Å². The monoisotopic (exact) mass is 343 g/mol. The minimum absolute atomic E-state index is 0.0779. The number of rotatable bonds is 10. The molecule has 0 aromatic heterocycles. The number of sulfonamides is 1. The van der Waals surface area contributed by atoms with Gasteiger partial charge in [-0.1, -0.05) is 19.1 Å². The molecule has 0 aliphatic rings. The highest BCUT2D eigenvalue weighted by atomic mass is 32.2. The van der Waals surface area contributed by atoms with Crippen LogP contribution >= 0.6 is 0 Å². The van der Waals surface area contributed by atoms with E-state index in [1.807, 2.05) is 6.92 Å². The van der Waals surface area contributed by atoms with Gasteiger partial charge in [-0.15, -0.1) is 0 Å². The summed E-state index contributed by atoms with van der Waals surface area (Å²) < 4.78 is 31.5. The molecule has 0 radical (unpaired) electrons. The molecule has 7 nitrogen and oxygen atoms in total. The fourth-order valence-corrected chi connectivity index (χ4v) is 3.03. The van der Waals surface area contributed by atoms with Crippen LogP contribution in [-0.4, -0.2) is 48.2 Å². The molecule has 8 heteroatoms. The molecule has 1 amide bonds. The van der Waals surface area contributed by atoms with Crippen LogP contribution < -0.4 is 15.4 Å². The first-order chi connectivity index (χ1) is 10.9. The van der Waals surface area contributed by atoms with Gasteiger partial charge in [-0.05, 0) is 24.7 Å². The van der Waals surface area contributed by atoms with Gasteiger partial charge in [0.05, 0.1) is 11.5 Å². The lowest BCUT2D eigenvalue weighted by Crippen LogP contribution is -2.34. The third-order valence-electron chi connectivity index (χ3n) is 3.23. The molecule has 0 spiro atoms. The Bertz CT molecular complexity index is 604. The molecule has 1 aromatic carbocycles. The van der Waals surface area contributed by atoms with E-state index in [-0.39, 0.29) is 29.8 Å². The molecule has 23 heavy (non-hydrogen) atoms. The number of ether oxygens (including phenoxy) is 1. The molecule has 0 saturated carbocycles. The average molecular weight is 343 g/mol. The van der Waals surface area contributed by atoms with Crippen molar-refractivity contribution in [1.29, 1.82) is 0 Å². The van der Waals surface area contributed by atoms with E-state index in [0.29, 0.717) is 13.2 Å². The van der Waals surface area contributed by atoms with Gasteiger partial charge in [-0.2, -0.15) is 0 Å². The van der Waals surface area contributed by atoms with Crippen molar-refractivity contribution in [3.05, 3.63) is 29.8 Å². The number of carbonyl (C=O) groups excluding carboxylic acids is 1. The maximum atomic E-state index is 12.1. The summed E-state index contributed by atoms with van der Waals surface area (Å²) in [5.41, 5.74) is 0.727. The van der Waals surface area contributed by atoms with Crippen molar-refractivity contribution >= 4 is 15.9 Å². The number of hydrogen-bond donors (Lipinski definition) is 3. The van der Waals surface area contributed by atoms with Gasteiger partial charge >= 0.3 is 0 Å². The standard InChI is InChI=1S/C15H25N3O4S/c1-12(10-16-2)15(19)17-11-13-5-4-6-14(9-13)23(20,21)18-7-8-22-3/h4-6,9,12,16,18H,7-8,10-11H2,1-3H3,(H,17,19). The summed E-state index contributed by atoms with van der Waals surface area (Å²) in [7, 11) is -0.278. The Morgan fingerprint density at radius 3 is 2.74 bits per heavy atom. The summed E-state index contributed by atoms with van der Waals surface area (Å²) in [4.78, 5) is 12.0. The molecular weight excluding hydrogens is 318 g/mol. The van der Waals surface area contributed by atoms with E-state index in [1.165, 1.54) is 13.2 Å². The first-order valence-electron chi connectivity index (χ1n) is 7.40. The van der Waals surface area contributed by atoms with Crippen LogP contribution in [0.3, 0.4) is 0 Å². The van der Waals surface area contributed by atoms with Crippen molar-refractivity contribution in [3.8, 4) is 0 Å². The molecular formula is C15H25N3O4S. The van der Waals surface area contributed by atoms with E-state index in [9.17, 15) is 13.2 Å². The highest BCUT2D eigenvalue weighted by Crippen LogP contribution is 2.11. The van der Waals surface area contributed by atoms with Crippen LogP contribution in [0.4, 0.5) is 0 Å². The topological polar surface area (TPSA) is 96.5 Å². The Morgan fingerprint density at radius 2 is 2.09 bits per heavy atom. The van der Waals surface area contributed by atoms with Crippen LogP contribution in [0.1, 0.15) is 12.5 Å². The van der Waals surface area contributed by atoms with Gasteiger partial charge < -0.3 is 15.4 Å². The number of nitrogens with one attached hydrogen (secondary N) is 3. The van der Waals surface area contributed by atoms with Crippen LogP contribution in [0.5, 0.6) is 0 Å². The van der Waals surface area contributed by atoms with E-state index in [0.717, 1.165) is 5.56 Å². The number of hydrogen-bond acceptors (Lipinski definition) is 5. The maximum Gasteiger partial charge on any atom is 0.240 e. The Morgan fingerprint density at radius 1 is 1.35 bits per heavy atom. The summed E-state index contributed by atoms with van der Waals surface area (Å²) in [5.74, 6) is -0.228. The third kappa shape index (κ3) is 6.66. The molecule has 3 N–H and O–H groups in total. The summed E-state index contributed by atoms with van der Waals surface area (Å²) in [6.45, 7) is 3.21. The lowest BCUT2D eigenvalue weighted by Gasteiger charge is -2.12. The van der Waals surface area contributed by atoms with Crippen molar-refractivity contribution < 1.29 is 17.9 Å². The number of carbonyl (C=O) groups is 1. The zero-order chi connectivity index (χ0) is 17.3. The summed E-state index contributed by atoms with van der Waals surface area (Å²) in [5, 5.41) is 5.74. The Balaban J connectivity index is 2.68. The van der Waals surface area contributed by atoms with Crippen LogP contribution in [0, 0.1) is 5.92 Å². The number of amides is 1. The van der Waals surface area contributed by atoms with Crippen molar-refractivity contribution in [2.75, 3.05) is 33.9 Å². The largest absolute Gasteiger partial charge is 0.383 e. The average Bonchev–Trinajstić information content (AvgIpc) is 2.53. The summed E-state index contributed by atoms with van der Waals surface area (Å²) >= 11 is 0. The maximum absolute atomic E-state index is 12.1. The minimum atomic E-state index is -3.57. The Hall–Kier alpha value is -1.48. The van der Waals surface area contributed by atoms with Crippen molar-refractivity contribution in [3.63, 3.8) is 0 Å². The molecule has 1 atom stereocenters. The van der Waals surface area contributed by atoms with Crippen LogP contribution in [-0.2, 0) is 26.1 Å². The van der Waals surface area contributed by atoms with Crippen molar-refractivity contribution in [1.82, 2.24) is 15.4 Å². The normalized spacial score (nSPS) is 12.8. The first kappa shape index (κ1) is 19.6. The highest BCUT2D eigenvalue weighted by molar-refractivity contribution is 7.89. The third-order valence-corrected chi connectivity index (χ3v) is 4.69. The fourth-order valence-electron chi connectivity index (χ4n) is 1.95. The van der Waals surface area contributed by atoms with E-state index < -0.39 is 10.0 Å². The predicted molar refractivity (Wildman–Crippen MR) is 88.4 cm³/mol. The van der Waals surface area contributed by atoms with Crippen LogP contribution in [0.15, 0.2) is 29.2 Å². The molecule has 0 heterocycles. The molecule has 1 aromatic rings. The minimum Gasteiger partial charge on any atom is -0.383 e. The Kier molecular flexibility index (Phi) is 8.18. The molecule has 0 fully saturated rings. The SMILES string of the molecule is CNCC(C)C(=O)NCc1cccc(S(=O)(=O)NCCOC)c1. The van der Waals surface area contributed by atoms with Gasteiger partial charge in [-0.3, -0.25) is 4.79 Å². The lowest BCUT2D eigenvalue weighted by atomic mass is 10.1. The van der Waals surface area contributed by atoms with Crippen LogP contribution in [0.2, 0.25) is 0 Å². The van der Waals surface area contributed by atoms with E-state index in [4.69, 9.17) is 4.74 Å². The first-order valence-corrected chi connectivity index (χ1v) is 8.89. The van der Waals surface area contributed by atoms with Crippen molar-refractivity contribution in [2.24, 2.45) is 5.92 Å². The molecule has 0 saturated heterocycles. The Labute approximate surface area is 137 Å². The zero-order valence-corrected chi connectivity index (χ0v) is 14.6. The van der Waals surface area contributed by atoms with Gasteiger partial charge in [0.25, 0.3) is 0 Å². The lowest BCUT2D eigenvalue weighted by molar-refractivity contribution is -0.124. The van der Waals surface area contributed by atoms with Gasteiger partial charge in [0.1, 0.15) is 0 Å². The second-order valence-electron chi connectivity index (χ2n) is 5.21. The van der Waals surface area contributed by atoms with Crippen LogP contribution in [0.25, 0.3) is 0 Å². The molecule has 130 valence electrons. The summed E-state index contributed by atoms with van der Waals surface area (Å²) in [6, 6.07) is 6.50. The smallest absolute Gasteiger partial charge is 0.240 e. The second kappa shape index (κ2) is 9.61. The van der Waals surface area contributed by atoms with E-state index >= 15 is 0 Å². The second-order valence-corrected chi connectivity index (χ2v) is 6.98. The molecule has 0 aliphatic carbocycles. The quantitative estimate of drug-likeness (QED) is 0.523. The number of methoxy groups -OCH3 is 1. The predicted octanol–water partition coefficient (Wildman–Crippen LogP) is 0.0830. The molecule has 1 rings (SSSR count). The highest BCUT2D eigenvalue weighted by Gasteiger charge is 2.15. The number of benzene rings is 1. The van der Waals surface area contributed by atoms with E-state index in [1.54, 1.807) is 25.2 Å². The molecule has 1 unspecified atom stereocenters. The summed E-state index contributed by atoms with van der Waals surface area (Å²) in [6.07, 6.45) is 0. The molecule has 0 aliphatic heterocycles. The van der Waals surface area contributed by atoms with E-state index in [2.05, 4.69) is 15.4 Å². The van der Waals surface area contributed by atoms with Crippen molar-refractivity contribution in [2.45, 2.75) is 18.4 Å². The van der Waals surface area contributed by atoms with Gasteiger partial charge in [-0.25, -0.2) is 13.1 Å².